The van der Waals surface area contributed by atoms with E-state index in [1.165, 1.54) is 25.3 Å². The lowest BCUT2D eigenvalue weighted by atomic mass is 10.3. The molecule has 0 fully saturated rings. The van der Waals surface area contributed by atoms with Crippen LogP contribution < -0.4 is 4.74 Å². The molecule has 0 spiro atoms. The molecule has 110 valence electrons. The van der Waals surface area contributed by atoms with Crippen LogP contribution in [-0.2, 0) is 20.3 Å². The Balaban J connectivity index is 2.17. The van der Waals surface area contributed by atoms with E-state index < -0.39 is 22.6 Å². The maximum absolute atomic E-state index is 13.2. The molecule has 1 unspecified atom stereocenters. The van der Waals surface area contributed by atoms with Crippen molar-refractivity contribution in [3.8, 4) is 5.75 Å². The topological polar surface area (TPSA) is 52.6 Å². The Morgan fingerprint density at radius 1 is 1.14 bits per heavy atom. The predicted molar refractivity (Wildman–Crippen MR) is 75.0 cm³/mol. The Hall–Kier alpha value is -2.21. The molecule has 0 heterocycles. The maximum Gasteiger partial charge on any atom is 0.343 e. The van der Waals surface area contributed by atoms with Crippen molar-refractivity contribution in [1.82, 2.24) is 0 Å². The third kappa shape index (κ3) is 4.13. The van der Waals surface area contributed by atoms with Crippen molar-refractivity contribution < 1.29 is 22.9 Å². The molecule has 0 aliphatic rings. The second-order valence-electron chi connectivity index (χ2n) is 4.07. The molecular formula is C15H13FO4S. The normalized spacial score (nSPS) is 11.7. The van der Waals surface area contributed by atoms with Gasteiger partial charge < -0.3 is 9.47 Å². The Kier molecular flexibility index (Phi) is 5.05. The number of hydrogen-bond donors (Lipinski definition) is 0. The lowest BCUT2D eigenvalue weighted by Crippen LogP contribution is -2.12. The third-order valence-corrected chi connectivity index (χ3v) is 3.98. The van der Waals surface area contributed by atoms with Crippen molar-refractivity contribution in [2.45, 2.75) is 9.79 Å². The van der Waals surface area contributed by atoms with E-state index in [9.17, 15) is 13.4 Å². The number of methoxy groups -OCH3 is 1. The van der Waals surface area contributed by atoms with Gasteiger partial charge in [0.15, 0.2) is 6.61 Å². The zero-order valence-electron chi connectivity index (χ0n) is 11.2. The third-order valence-electron chi connectivity index (χ3n) is 2.61. The number of carbonyl (C=O) groups is 1. The van der Waals surface area contributed by atoms with E-state index in [4.69, 9.17) is 4.74 Å². The number of rotatable bonds is 5. The number of carbonyl (C=O) groups excluding carboxylic acids is 1. The van der Waals surface area contributed by atoms with E-state index in [-0.39, 0.29) is 6.61 Å². The summed E-state index contributed by atoms with van der Waals surface area (Å²) in [6.45, 7) is -0.230. The van der Waals surface area contributed by atoms with Crippen LogP contribution in [0.3, 0.4) is 0 Å². The number of ether oxygens (including phenoxy) is 2. The fourth-order valence-corrected chi connectivity index (χ4v) is 2.72. The average Bonchev–Trinajstić information content (AvgIpc) is 2.52. The molecule has 2 aromatic rings. The first kappa shape index (κ1) is 15.2. The van der Waals surface area contributed by atoms with Crippen LogP contribution in [0, 0.1) is 5.82 Å². The van der Waals surface area contributed by atoms with Gasteiger partial charge in [-0.25, -0.2) is 13.4 Å². The molecule has 0 bridgehead atoms. The highest BCUT2D eigenvalue weighted by atomic mass is 32.2. The SMILES string of the molecule is COC(=O)COc1cccc(S(=O)c2cccc(F)c2)c1. The Bertz CT molecular complexity index is 672. The van der Waals surface area contributed by atoms with Crippen molar-refractivity contribution in [1.29, 1.82) is 0 Å². The van der Waals surface area contributed by atoms with Gasteiger partial charge in [-0.05, 0) is 36.4 Å². The summed E-state index contributed by atoms with van der Waals surface area (Å²) in [4.78, 5) is 11.8. The van der Waals surface area contributed by atoms with Gasteiger partial charge in [0.1, 0.15) is 11.6 Å². The molecule has 6 heteroatoms. The van der Waals surface area contributed by atoms with Crippen LogP contribution >= 0.6 is 0 Å². The van der Waals surface area contributed by atoms with Gasteiger partial charge in [-0.3, -0.25) is 0 Å². The molecule has 0 amide bonds. The van der Waals surface area contributed by atoms with Crippen LogP contribution in [0.4, 0.5) is 4.39 Å². The number of hydrogen-bond acceptors (Lipinski definition) is 4. The minimum absolute atomic E-state index is 0.230. The van der Waals surface area contributed by atoms with Crippen LogP contribution in [0.1, 0.15) is 0 Å². The fraction of sp³-hybridized carbons (Fsp3) is 0.133. The molecule has 4 nitrogen and oxygen atoms in total. The summed E-state index contributed by atoms with van der Waals surface area (Å²) in [5.41, 5.74) is 0. The molecule has 1 atom stereocenters. The van der Waals surface area contributed by atoms with Crippen LogP contribution in [0.2, 0.25) is 0 Å². The molecule has 0 saturated carbocycles. The molecule has 0 saturated heterocycles. The van der Waals surface area contributed by atoms with Gasteiger partial charge in [-0.2, -0.15) is 0 Å². The lowest BCUT2D eigenvalue weighted by molar-refractivity contribution is -0.142. The highest BCUT2D eigenvalue weighted by Gasteiger charge is 2.10. The van der Waals surface area contributed by atoms with Gasteiger partial charge in [-0.15, -0.1) is 0 Å². The summed E-state index contributed by atoms with van der Waals surface area (Å²) in [5, 5.41) is 0. The molecule has 21 heavy (non-hydrogen) atoms. The van der Waals surface area contributed by atoms with Crippen LogP contribution in [0.5, 0.6) is 5.75 Å². The molecule has 0 aromatic heterocycles. The van der Waals surface area contributed by atoms with Crippen molar-refractivity contribution in [2.75, 3.05) is 13.7 Å². The van der Waals surface area contributed by atoms with Crippen LogP contribution in [0.25, 0.3) is 0 Å². The minimum Gasteiger partial charge on any atom is -0.482 e. The lowest BCUT2D eigenvalue weighted by Gasteiger charge is -2.07. The first-order chi connectivity index (χ1) is 10.1. The predicted octanol–water partition coefficient (Wildman–Crippen LogP) is 2.54. The molecular weight excluding hydrogens is 295 g/mol. The van der Waals surface area contributed by atoms with Crippen molar-refractivity contribution >= 4 is 16.8 Å². The smallest absolute Gasteiger partial charge is 0.343 e. The summed E-state index contributed by atoms with van der Waals surface area (Å²) in [6, 6.07) is 12.1. The van der Waals surface area contributed by atoms with Gasteiger partial charge in [-0.1, -0.05) is 12.1 Å². The number of esters is 1. The quantitative estimate of drug-likeness (QED) is 0.797. The summed E-state index contributed by atoms with van der Waals surface area (Å²) in [6.07, 6.45) is 0. The molecule has 0 radical (unpaired) electrons. The zero-order chi connectivity index (χ0) is 15.2. The number of benzene rings is 2. The largest absolute Gasteiger partial charge is 0.482 e. The average molecular weight is 308 g/mol. The maximum atomic E-state index is 13.2. The highest BCUT2D eigenvalue weighted by Crippen LogP contribution is 2.21. The summed E-state index contributed by atoms with van der Waals surface area (Å²) in [7, 11) is -0.255. The van der Waals surface area contributed by atoms with Crippen molar-refractivity contribution in [3.05, 3.63) is 54.3 Å². The zero-order valence-corrected chi connectivity index (χ0v) is 12.1. The first-order valence-corrected chi connectivity index (χ1v) is 7.22. The molecule has 2 aromatic carbocycles. The Morgan fingerprint density at radius 2 is 1.81 bits per heavy atom. The van der Waals surface area contributed by atoms with Gasteiger partial charge in [0.2, 0.25) is 0 Å². The standard InChI is InChI=1S/C15H13FO4S/c1-19-15(17)10-20-12-5-3-7-14(9-12)21(18)13-6-2-4-11(16)8-13/h2-9H,10H2,1H3. The van der Waals surface area contributed by atoms with E-state index in [0.717, 1.165) is 0 Å². The van der Waals surface area contributed by atoms with Crippen LogP contribution in [-0.4, -0.2) is 23.9 Å². The van der Waals surface area contributed by atoms with E-state index in [0.29, 0.717) is 15.5 Å². The van der Waals surface area contributed by atoms with E-state index >= 15 is 0 Å². The fourth-order valence-electron chi connectivity index (χ4n) is 1.60. The number of halogens is 1. The van der Waals surface area contributed by atoms with Crippen molar-refractivity contribution in [2.24, 2.45) is 0 Å². The highest BCUT2D eigenvalue weighted by molar-refractivity contribution is 7.85. The monoisotopic (exact) mass is 308 g/mol. The summed E-state index contributed by atoms with van der Waals surface area (Å²) < 4.78 is 35.2. The second-order valence-corrected chi connectivity index (χ2v) is 5.55. The van der Waals surface area contributed by atoms with Gasteiger partial charge >= 0.3 is 5.97 Å². The van der Waals surface area contributed by atoms with E-state index in [1.807, 2.05) is 0 Å². The molecule has 0 aliphatic heterocycles. The van der Waals surface area contributed by atoms with E-state index in [2.05, 4.69) is 4.74 Å². The van der Waals surface area contributed by atoms with Gasteiger partial charge in [0.05, 0.1) is 17.9 Å². The summed E-state index contributed by atoms with van der Waals surface area (Å²) >= 11 is 0. The molecule has 0 aliphatic carbocycles. The molecule has 2 rings (SSSR count). The van der Waals surface area contributed by atoms with Gasteiger partial charge in [0, 0.05) is 9.79 Å². The minimum atomic E-state index is -1.52. The van der Waals surface area contributed by atoms with Gasteiger partial charge in [0.25, 0.3) is 0 Å². The second kappa shape index (κ2) is 6.99. The first-order valence-electron chi connectivity index (χ1n) is 6.07. The van der Waals surface area contributed by atoms with Crippen LogP contribution in [0.15, 0.2) is 58.3 Å². The Labute approximate surface area is 124 Å². The Morgan fingerprint density at radius 3 is 2.48 bits per heavy atom. The van der Waals surface area contributed by atoms with E-state index in [1.54, 1.807) is 30.3 Å². The van der Waals surface area contributed by atoms with Crippen molar-refractivity contribution in [3.63, 3.8) is 0 Å². The molecule has 0 N–H and O–H groups in total. The summed E-state index contributed by atoms with van der Waals surface area (Å²) in [5.74, 6) is -0.562.